The largest absolute Gasteiger partial charge is 0.303 e. The highest BCUT2D eigenvalue weighted by Gasteiger charge is 2.45. The monoisotopic (exact) mass is 290 g/mol. The van der Waals surface area contributed by atoms with Crippen LogP contribution in [0.15, 0.2) is 30.3 Å². The summed E-state index contributed by atoms with van der Waals surface area (Å²) in [4.78, 5) is 5.28. The van der Waals surface area contributed by atoms with Crippen LogP contribution < -0.4 is 0 Å². The van der Waals surface area contributed by atoms with E-state index >= 15 is 0 Å². The fraction of sp³-hybridized carbons (Fsp3) is 0.647. The van der Waals surface area contributed by atoms with Gasteiger partial charge < -0.3 is 4.90 Å². The van der Waals surface area contributed by atoms with E-state index in [9.17, 15) is 0 Å². The molecule has 2 nitrogen and oxygen atoms in total. The maximum absolute atomic E-state index is 2.70. The predicted molar refractivity (Wildman–Crippen MR) is 88.2 cm³/mol. The third-order valence-corrected chi connectivity index (χ3v) is 5.63. The van der Waals surface area contributed by atoms with E-state index in [4.69, 9.17) is 0 Å². The van der Waals surface area contributed by atoms with Crippen LogP contribution in [0.5, 0.6) is 0 Å². The van der Waals surface area contributed by atoms with Crippen molar-refractivity contribution in [3.63, 3.8) is 0 Å². The molecule has 3 heteroatoms. The Bertz CT molecular complexity index is 422. The maximum atomic E-state index is 2.70. The van der Waals surface area contributed by atoms with E-state index in [1.165, 1.54) is 43.9 Å². The smallest absolute Gasteiger partial charge is 0.0389 e. The molecule has 0 radical (unpaired) electrons. The number of thioether (sulfide) groups is 1. The van der Waals surface area contributed by atoms with Crippen molar-refractivity contribution >= 4 is 11.8 Å². The first-order valence-electron chi connectivity index (χ1n) is 7.76. The topological polar surface area (TPSA) is 6.48 Å². The first-order valence-corrected chi connectivity index (χ1v) is 9.15. The number of rotatable bonds is 5. The molecule has 0 spiro atoms. The number of hydrogen-bond donors (Lipinski definition) is 0. The molecule has 0 saturated carbocycles. The van der Waals surface area contributed by atoms with E-state index < -0.39 is 0 Å². The minimum absolute atomic E-state index is 0.631. The quantitative estimate of drug-likeness (QED) is 0.770. The summed E-state index contributed by atoms with van der Waals surface area (Å²) in [6, 6.07) is 11.7. The average molecular weight is 290 g/mol. The van der Waals surface area contributed by atoms with Gasteiger partial charge in [-0.1, -0.05) is 30.3 Å². The minimum atomic E-state index is 0.631. The van der Waals surface area contributed by atoms with Crippen molar-refractivity contribution in [3.05, 3.63) is 35.9 Å². The second-order valence-corrected chi connectivity index (χ2v) is 7.31. The lowest BCUT2D eigenvalue weighted by atomic mass is 9.90. The van der Waals surface area contributed by atoms with Gasteiger partial charge in [-0.2, -0.15) is 11.8 Å². The molecule has 1 aromatic rings. The van der Waals surface area contributed by atoms with Gasteiger partial charge in [0, 0.05) is 25.7 Å². The normalized spacial score (nSPS) is 30.8. The van der Waals surface area contributed by atoms with Crippen LogP contribution in [0.4, 0.5) is 0 Å². The Morgan fingerprint density at radius 1 is 1.15 bits per heavy atom. The van der Waals surface area contributed by atoms with E-state index in [2.05, 4.69) is 53.4 Å². The summed E-state index contributed by atoms with van der Waals surface area (Å²) in [5.41, 5.74) is 1.51. The third kappa shape index (κ3) is 2.90. The van der Waals surface area contributed by atoms with Crippen molar-refractivity contribution in [2.75, 3.05) is 45.2 Å². The summed E-state index contributed by atoms with van der Waals surface area (Å²) in [5.74, 6) is 3.00. The number of likely N-dealkylation sites (tertiary alicyclic amines) is 2. The number of hydrogen-bond acceptors (Lipinski definition) is 3. The Kier molecular flexibility index (Phi) is 4.69. The van der Waals surface area contributed by atoms with Gasteiger partial charge in [0.05, 0.1) is 0 Å². The molecular weight excluding hydrogens is 264 g/mol. The fourth-order valence-corrected chi connectivity index (χ4v) is 4.53. The van der Waals surface area contributed by atoms with Gasteiger partial charge in [-0.05, 0) is 49.4 Å². The Labute approximate surface area is 127 Å². The number of nitrogens with zero attached hydrogens (tertiary/aromatic N) is 2. The van der Waals surface area contributed by atoms with Crippen molar-refractivity contribution < 1.29 is 0 Å². The number of benzene rings is 1. The van der Waals surface area contributed by atoms with Crippen LogP contribution >= 0.6 is 11.8 Å². The highest BCUT2D eigenvalue weighted by Crippen LogP contribution is 2.43. The zero-order valence-corrected chi connectivity index (χ0v) is 13.5. The van der Waals surface area contributed by atoms with Crippen molar-refractivity contribution in [2.45, 2.75) is 12.5 Å². The summed E-state index contributed by atoms with van der Waals surface area (Å²) in [6.45, 7) is 5.16. The molecule has 2 aliphatic rings. The van der Waals surface area contributed by atoms with E-state index in [-0.39, 0.29) is 0 Å². The van der Waals surface area contributed by atoms with Crippen LogP contribution in [0.25, 0.3) is 0 Å². The molecule has 3 rings (SSSR count). The van der Waals surface area contributed by atoms with Crippen LogP contribution in [-0.2, 0) is 0 Å². The molecule has 3 atom stereocenters. The zero-order valence-electron chi connectivity index (χ0n) is 12.7. The summed E-state index contributed by atoms with van der Waals surface area (Å²) in [6.07, 6.45) is 3.55. The van der Waals surface area contributed by atoms with Gasteiger partial charge in [0.1, 0.15) is 0 Å². The summed E-state index contributed by atoms with van der Waals surface area (Å²) < 4.78 is 0. The van der Waals surface area contributed by atoms with Crippen LogP contribution in [0.3, 0.4) is 0 Å². The van der Waals surface area contributed by atoms with Gasteiger partial charge in [-0.25, -0.2) is 0 Å². The molecule has 0 amide bonds. The predicted octanol–water partition coefficient (Wildman–Crippen LogP) is 2.97. The highest BCUT2D eigenvalue weighted by atomic mass is 32.2. The first kappa shape index (κ1) is 14.4. The molecule has 0 aromatic heterocycles. The fourth-order valence-electron chi connectivity index (χ4n) is 4.12. The van der Waals surface area contributed by atoms with Crippen LogP contribution in [0.1, 0.15) is 18.0 Å². The lowest BCUT2D eigenvalue weighted by molar-refractivity contribution is 0.229. The standard InChI is InChI=1S/C17H26N2S/c1-18-11-15-12-19(9-6-10-20-2)13-16(15)17(18)14-7-4-3-5-8-14/h3-5,7-8,15-17H,6,9-13H2,1-2H3/t15-,16+,17-/m0/s1. The molecule has 0 N–H and O–H groups in total. The Morgan fingerprint density at radius 2 is 1.95 bits per heavy atom. The Morgan fingerprint density at radius 3 is 2.70 bits per heavy atom. The second-order valence-electron chi connectivity index (χ2n) is 6.32. The minimum Gasteiger partial charge on any atom is -0.303 e. The van der Waals surface area contributed by atoms with E-state index in [0.29, 0.717) is 6.04 Å². The lowest BCUT2D eigenvalue weighted by Gasteiger charge is -2.26. The van der Waals surface area contributed by atoms with Crippen molar-refractivity contribution in [1.29, 1.82) is 0 Å². The summed E-state index contributed by atoms with van der Waals surface area (Å²) in [5, 5.41) is 0. The first-order chi connectivity index (χ1) is 9.79. The van der Waals surface area contributed by atoms with Crippen molar-refractivity contribution in [1.82, 2.24) is 9.80 Å². The second kappa shape index (κ2) is 6.50. The van der Waals surface area contributed by atoms with Gasteiger partial charge >= 0.3 is 0 Å². The summed E-state index contributed by atoms with van der Waals surface area (Å²) in [7, 11) is 2.30. The number of fused-ring (bicyclic) bond motifs is 1. The SMILES string of the molecule is CSCCCN1C[C@@H]2CN(C)[C@@H](c3ccccc3)[C@@H]2C1. The molecule has 0 bridgehead atoms. The molecule has 20 heavy (non-hydrogen) atoms. The van der Waals surface area contributed by atoms with Gasteiger partial charge in [-0.15, -0.1) is 0 Å². The van der Waals surface area contributed by atoms with Gasteiger partial charge in [-0.3, -0.25) is 4.90 Å². The Hall–Kier alpha value is -0.510. The third-order valence-electron chi connectivity index (χ3n) is 4.93. The van der Waals surface area contributed by atoms with Gasteiger partial charge in [0.15, 0.2) is 0 Å². The zero-order chi connectivity index (χ0) is 13.9. The van der Waals surface area contributed by atoms with Gasteiger partial charge in [0.2, 0.25) is 0 Å². The molecule has 2 heterocycles. The Balaban J connectivity index is 1.65. The van der Waals surface area contributed by atoms with Crippen LogP contribution in [-0.4, -0.2) is 55.0 Å². The van der Waals surface area contributed by atoms with E-state index in [0.717, 1.165) is 11.8 Å². The molecule has 0 aliphatic carbocycles. The molecule has 2 fully saturated rings. The lowest BCUT2D eigenvalue weighted by Crippen LogP contribution is -2.29. The van der Waals surface area contributed by atoms with Gasteiger partial charge in [0.25, 0.3) is 0 Å². The molecule has 0 unspecified atom stereocenters. The average Bonchev–Trinajstić information content (AvgIpc) is 2.96. The molecular formula is C17H26N2S. The van der Waals surface area contributed by atoms with Crippen molar-refractivity contribution in [3.8, 4) is 0 Å². The highest BCUT2D eigenvalue weighted by molar-refractivity contribution is 7.98. The van der Waals surface area contributed by atoms with Crippen LogP contribution in [0.2, 0.25) is 0 Å². The molecule has 110 valence electrons. The molecule has 2 saturated heterocycles. The van der Waals surface area contributed by atoms with E-state index in [1.807, 2.05) is 11.8 Å². The summed E-state index contributed by atoms with van der Waals surface area (Å²) >= 11 is 1.97. The van der Waals surface area contributed by atoms with Crippen LogP contribution in [0, 0.1) is 11.8 Å². The van der Waals surface area contributed by atoms with E-state index in [1.54, 1.807) is 0 Å². The molecule has 1 aromatic carbocycles. The van der Waals surface area contributed by atoms with Crippen molar-refractivity contribution in [2.24, 2.45) is 11.8 Å². The molecule has 2 aliphatic heterocycles. The maximum Gasteiger partial charge on any atom is 0.0389 e.